The van der Waals surface area contributed by atoms with E-state index in [0.717, 1.165) is 6.42 Å². The number of nitrogens with one attached hydrogen (secondary N) is 1. The molecule has 0 bridgehead atoms. The van der Waals surface area contributed by atoms with Crippen molar-refractivity contribution in [1.82, 2.24) is 5.32 Å². The van der Waals surface area contributed by atoms with E-state index in [0.29, 0.717) is 0 Å². The van der Waals surface area contributed by atoms with Crippen molar-refractivity contribution < 1.29 is 0 Å². The number of rotatable bonds is 2. The van der Waals surface area contributed by atoms with E-state index < -0.39 is 0 Å². The molecule has 0 radical (unpaired) electrons. The summed E-state index contributed by atoms with van der Waals surface area (Å²) in [5.41, 5.74) is 0. The van der Waals surface area contributed by atoms with Crippen molar-refractivity contribution >= 4 is 0 Å². The van der Waals surface area contributed by atoms with E-state index in [9.17, 15) is 0 Å². The Balaban J connectivity index is 0. The Morgan fingerprint density at radius 2 is 1.75 bits per heavy atom. The third-order valence-corrected chi connectivity index (χ3v) is 0.493. The van der Waals surface area contributed by atoms with Crippen LogP contribution in [0.3, 0.4) is 0 Å². The maximum atomic E-state index is 3.48. The molecule has 0 atom stereocenters. The van der Waals surface area contributed by atoms with Crippen LogP contribution in [0.1, 0.15) is 13.3 Å². The molecular formula is C7H15N. The van der Waals surface area contributed by atoms with E-state index in [4.69, 9.17) is 0 Å². The van der Waals surface area contributed by atoms with Gasteiger partial charge >= 0.3 is 0 Å². The van der Waals surface area contributed by atoms with Crippen LogP contribution in [0.5, 0.6) is 0 Å². The van der Waals surface area contributed by atoms with Crippen molar-refractivity contribution in [3.05, 3.63) is 25.4 Å². The SMILES string of the molecule is C=CCC.C=CNC. The standard InChI is InChI=1S/C4H8.C3H7N/c2*1-3-4-2/h3H,1,4H2,2H3;3-4H,1H2,2H3. The first-order valence-corrected chi connectivity index (χ1v) is 2.72. The van der Waals surface area contributed by atoms with Crippen LogP contribution < -0.4 is 5.32 Å². The third kappa shape index (κ3) is 59.0. The zero-order chi connectivity index (χ0) is 6.83. The topological polar surface area (TPSA) is 12.0 Å². The van der Waals surface area contributed by atoms with Crippen molar-refractivity contribution in [2.45, 2.75) is 13.3 Å². The molecule has 0 heterocycles. The molecule has 0 aliphatic heterocycles. The van der Waals surface area contributed by atoms with Gasteiger partial charge in [0.25, 0.3) is 0 Å². The van der Waals surface area contributed by atoms with Gasteiger partial charge in [0, 0.05) is 7.05 Å². The van der Waals surface area contributed by atoms with Crippen molar-refractivity contribution in [1.29, 1.82) is 0 Å². The van der Waals surface area contributed by atoms with Gasteiger partial charge in [0.15, 0.2) is 0 Å². The lowest BCUT2D eigenvalue weighted by atomic mass is 10.5. The van der Waals surface area contributed by atoms with E-state index in [1.54, 1.807) is 6.20 Å². The molecule has 0 spiro atoms. The van der Waals surface area contributed by atoms with Crippen LogP contribution in [0.4, 0.5) is 0 Å². The van der Waals surface area contributed by atoms with Gasteiger partial charge < -0.3 is 5.32 Å². The maximum Gasteiger partial charge on any atom is 0.00275 e. The molecule has 0 fully saturated rings. The van der Waals surface area contributed by atoms with Crippen LogP contribution in [-0.4, -0.2) is 7.05 Å². The summed E-state index contributed by atoms with van der Waals surface area (Å²) in [6.07, 6.45) is 4.58. The highest BCUT2D eigenvalue weighted by molar-refractivity contribution is 4.60. The lowest BCUT2D eigenvalue weighted by Crippen LogP contribution is -1.87. The molecule has 1 nitrogen and oxygen atoms in total. The molecule has 0 saturated heterocycles. The smallest absolute Gasteiger partial charge is 0.00275 e. The predicted molar refractivity (Wildman–Crippen MR) is 39.7 cm³/mol. The summed E-state index contributed by atoms with van der Waals surface area (Å²) < 4.78 is 0. The molecular weight excluding hydrogens is 98.1 g/mol. The minimum absolute atomic E-state index is 1.08. The first-order valence-electron chi connectivity index (χ1n) is 2.72. The number of allylic oxidation sites excluding steroid dienone is 1. The Labute approximate surface area is 52.1 Å². The van der Waals surface area contributed by atoms with Gasteiger partial charge in [0.2, 0.25) is 0 Å². The zero-order valence-corrected chi connectivity index (χ0v) is 5.78. The van der Waals surface area contributed by atoms with E-state index in [1.165, 1.54) is 0 Å². The molecule has 48 valence electrons. The largest absolute Gasteiger partial charge is 0.394 e. The molecule has 8 heavy (non-hydrogen) atoms. The summed E-state index contributed by atoms with van der Waals surface area (Å²) in [7, 11) is 1.81. The van der Waals surface area contributed by atoms with Crippen LogP contribution in [0.15, 0.2) is 25.4 Å². The second kappa shape index (κ2) is 16.3. The van der Waals surface area contributed by atoms with Gasteiger partial charge in [-0.1, -0.05) is 19.6 Å². The van der Waals surface area contributed by atoms with Crippen LogP contribution >= 0.6 is 0 Å². The molecule has 0 aromatic carbocycles. The van der Waals surface area contributed by atoms with Gasteiger partial charge in [-0.05, 0) is 12.6 Å². The third-order valence-electron chi connectivity index (χ3n) is 0.493. The fourth-order valence-corrected chi connectivity index (χ4v) is 0. The lowest BCUT2D eigenvalue weighted by Gasteiger charge is -1.70. The molecule has 1 heteroatoms. The normalized spacial score (nSPS) is 5.75. The van der Waals surface area contributed by atoms with Crippen LogP contribution in [0.2, 0.25) is 0 Å². The quantitative estimate of drug-likeness (QED) is 0.539. The Hall–Kier alpha value is -0.720. The second-order valence-electron chi connectivity index (χ2n) is 1.19. The number of hydrogen-bond acceptors (Lipinski definition) is 1. The van der Waals surface area contributed by atoms with Gasteiger partial charge in [-0.3, -0.25) is 0 Å². The molecule has 0 amide bonds. The van der Waals surface area contributed by atoms with Gasteiger partial charge in [0.05, 0.1) is 0 Å². The Morgan fingerprint density at radius 3 is 1.75 bits per heavy atom. The van der Waals surface area contributed by atoms with Gasteiger partial charge in [-0.2, -0.15) is 0 Å². The molecule has 0 aliphatic rings. The van der Waals surface area contributed by atoms with Crippen molar-refractivity contribution in [2.75, 3.05) is 7.05 Å². The molecule has 0 aromatic heterocycles. The summed E-state index contributed by atoms with van der Waals surface area (Å²) in [6, 6.07) is 0. The summed E-state index contributed by atoms with van der Waals surface area (Å²) in [5.74, 6) is 0. The highest BCUT2D eigenvalue weighted by atomic mass is 14.8. The molecule has 0 saturated carbocycles. The highest BCUT2D eigenvalue weighted by Crippen LogP contribution is 1.66. The highest BCUT2D eigenvalue weighted by Gasteiger charge is 1.45. The molecule has 0 rings (SSSR count). The fourth-order valence-electron chi connectivity index (χ4n) is 0. The van der Waals surface area contributed by atoms with E-state index in [2.05, 4.69) is 25.4 Å². The average molecular weight is 113 g/mol. The summed E-state index contributed by atoms with van der Waals surface area (Å²) in [4.78, 5) is 0. The van der Waals surface area contributed by atoms with Gasteiger partial charge in [-0.15, -0.1) is 6.58 Å². The van der Waals surface area contributed by atoms with E-state index in [-0.39, 0.29) is 0 Å². The minimum Gasteiger partial charge on any atom is -0.394 e. The molecule has 0 aliphatic carbocycles. The van der Waals surface area contributed by atoms with E-state index in [1.807, 2.05) is 13.1 Å². The van der Waals surface area contributed by atoms with Crippen LogP contribution in [0, 0.1) is 0 Å². The van der Waals surface area contributed by atoms with Crippen LogP contribution in [0.25, 0.3) is 0 Å². The Kier molecular flexibility index (Phi) is 20.9. The van der Waals surface area contributed by atoms with Crippen molar-refractivity contribution in [3.63, 3.8) is 0 Å². The average Bonchev–Trinajstić information content (AvgIpc) is 1.88. The first kappa shape index (κ1) is 10.3. The number of hydrogen-bond donors (Lipinski definition) is 1. The second-order valence-corrected chi connectivity index (χ2v) is 1.19. The monoisotopic (exact) mass is 113 g/mol. The lowest BCUT2D eigenvalue weighted by molar-refractivity contribution is 1.11. The fraction of sp³-hybridized carbons (Fsp3) is 0.429. The summed E-state index contributed by atoms with van der Waals surface area (Å²) in [6.45, 7) is 8.91. The van der Waals surface area contributed by atoms with Crippen LogP contribution in [-0.2, 0) is 0 Å². The summed E-state index contributed by atoms with van der Waals surface area (Å²) in [5, 5.41) is 2.69. The molecule has 0 aromatic rings. The maximum absolute atomic E-state index is 3.48. The molecule has 1 N–H and O–H groups in total. The van der Waals surface area contributed by atoms with Gasteiger partial charge in [-0.25, -0.2) is 0 Å². The van der Waals surface area contributed by atoms with Gasteiger partial charge in [0.1, 0.15) is 0 Å². The van der Waals surface area contributed by atoms with Crippen molar-refractivity contribution in [3.8, 4) is 0 Å². The first-order chi connectivity index (χ1) is 3.83. The Bertz CT molecular complexity index is 40.3. The molecule has 0 unspecified atom stereocenters. The minimum atomic E-state index is 1.08. The van der Waals surface area contributed by atoms with Crippen molar-refractivity contribution in [2.24, 2.45) is 0 Å². The zero-order valence-electron chi connectivity index (χ0n) is 5.78. The summed E-state index contributed by atoms with van der Waals surface area (Å²) >= 11 is 0. The van der Waals surface area contributed by atoms with E-state index >= 15 is 0 Å². The predicted octanol–water partition coefficient (Wildman–Crippen LogP) is 1.93. The Morgan fingerprint density at radius 1 is 1.50 bits per heavy atom.